The molecule has 6 aromatic rings. The molecular formula is C42H34O2Zr. The van der Waals surface area contributed by atoms with E-state index in [4.69, 9.17) is 8.83 Å². The number of hydrogen-bond donors (Lipinski definition) is 0. The van der Waals surface area contributed by atoms with Gasteiger partial charge in [-0.2, -0.15) is 11.1 Å². The van der Waals surface area contributed by atoms with Gasteiger partial charge in [0.25, 0.3) is 0 Å². The van der Waals surface area contributed by atoms with Crippen LogP contribution in [0, 0.1) is 39.8 Å². The Balaban J connectivity index is 0.000000155. The summed E-state index contributed by atoms with van der Waals surface area (Å²) in [6.07, 6.45) is 11.1. The molecule has 0 fully saturated rings. The van der Waals surface area contributed by atoms with Crippen LogP contribution >= 0.6 is 0 Å². The Morgan fingerprint density at radius 2 is 0.867 bits per heavy atom. The topological polar surface area (TPSA) is 26.3 Å². The van der Waals surface area contributed by atoms with Crippen molar-refractivity contribution in [1.82, 2.24) is 0 Å². The summed E-state index contributed by atoms with van der Waals surface area (Å²) in [6, 6.07) is 38.4. The molecule has 218 valence electrons. The first kappa shape index (κ1) is 30.8. The van der Waals surface area contributed by atoms with Gasteiger partial charge in [-0.05, 0) is 74.9 Å². The molecule has 2 atom stereocenters. The van der Waals surface area contributed by atoms with Crippen molar-refractivity contribution in [3.05, 3.63) is 178 Å². The SMILES string of the molecule is Cc1ccc(-c2cccc3c2C=[C-]C3c2ccc(C)o2)cc1.Cc1ccc(-c2cccc3c2C=[C-]C3c2ccc(C)o2)cc1.[Zr+2]. The van der Waals surface area contributed by atoms with Gasteiger partial charge in [0, 0.05) is 0 Å². The average molecular weight is 662 g/mol. The van der Waals surface area contributed by atoms with Crippen molar-refractivity contribution < 1.29 is 35.0 Å². The molecule has 0 radical (unpaired) electrons. The van der Waals surface area contributed by atoms with E-state index in [0.717, 1.165) is 23.0 Å². The van der Waals surface area contributed by atoms with Crippen LogP contribution in [0.5, 0.6) is 0 Å². The third-order valence-electron chi connectivity index (χ3n) is 8.51. The van der Waals surface area contributed by atoms with Crippen LogP contribution in [0.1, 0.15) is 68.3 Å². The summed E-state index contributed by atoms with van der Waals surface area (Å²) in [5, 5.41) is 0. The second-order valence-corrected chi connectivity index (χ2v) is 11.7. The van der Waals surface area contributed by atoms with Gasteiger partial charge in [0.15, 0.2) is 0 Å². The van der Waals surface area contributed by atoms with Gasteiger partial charge < -0.3 is 8.83 Å². The Labute approximate surface area is 285 Å². The number of fused-ring (bicyclic) bond motifs is 2. The average Bonchev–Trinajstić information content (AvgIpc) is 3.84. The van der Waals surface area contributed by atoms with E-state index in [1.54, 1.807) is 0 Å². The molecule has 2 unspecified atom stereocenters. The molecule has 8 rings (SSSR count). The van der Waals surface area contributed by atoms with Gasteiger partial charge in [0.1, 0.15) is 11.5 Å². The van der Waals surface area contributed by atoms with Gasteiger partial charge >= 0.3 is 26.2 Å². The van der Waals surface area contributed by atoms with Gasteiger partial charge in [-0.25, -0.2) is 12.2 Å². The zero-order valence-electron chi connectivity index (χ0n) is 26.0. The number of hydrogen-bond acceptors (Lipinski definition) is 2. The summed E-state index contributed by atoms with van der Waals surface area (Å²) in [7, 11) is 0. The number of furan rings is 2. The third-order valence-corrected chi connectivity index (χ3v) is 8.51. The first-order valence-electron chi connectivity index (χ1n) is 15.2. The molecule has 4 aromatic carbocycles. The molecule has 3 heteroatoms. The normalized spacial score (nSPS) is 15.6. The van der Waals surface area contributed by atoms with Gasteiger partial charge in [0.2, 0.25) is 0 Å². The maximum atomic E-state index is 5.80. The quantitative estimate of drug-likeness (QED) is 0.176. The van der Waals surface area contributed by atoms with E-state index in [1.165, 1.54) is 55.6 Å². The molecule has 0 saturated heterocycles. The van der Waals surface area contributed by atoms with Crippen LogP contribution in [-0.2, 0) is 26.2 Å². The first-order valence-corrected chi connectivity index (χ1v) is 15.2. The Hall–Kier alpha value is -4.20. The molecule has 2 aromatic heterocycles. The van der Waals surface area contributed by atoms with Crippen LogP contribution in [0.2, 0.25) is 0 Å². The summed E-state index contributed by atoms with van der Waals surface area (Å²) in [6.45, 7) is 8.18. The van der Waals surface area contributed by atoms with E-state index in [1.807, 2.05) is 26.0 Å². The molecule has 2 nitrogen and oxygen atoms in total. The van der Waals surface area contributed by atoms with E-state index in [-0.39, 0.29) is 38.0 Å². The van der Waals surface area contributed by atoms with E-state index in [0.29, 0.717) is 0 Å². The standard InChI is InChI=1S/2C21H17O.Zr/c2*1-14-6-9-16(10-7-14)17-4-3-5-18-19(17)11-12-20(18)21-13-8-15(2)22-21;/h2*3-11,13,20H,1-2H3;/q2*-1;+2. The summed E-state index contributed by atoms with van der Waals surface area (Å²) in [5.74, 6) is 4.03. The van der Waals surface area contributed by atoms with Gasteiger partial charge in [-0.15, -0.1) is 11.1 Å². The van der Waals surface area contributed by atoms with E-state index >= 15 is 0 Å². The molecular weight excluding hydrogens is 628 g/mol. The smallest absolute Gasteiger partial charge is 0.467 e. The zero-order chi connectivity index (χ0) is 30.2. The minimum atomic E-state index is 0. The Bertz CT molecular complexity index is 1850. The summed E-state index contributed by atoms with van der Waals surface area (Å²) in [4.78, 5) is 0. The number of rotatable bonds is 4. The third kappa shape index (κ3) is 6.20. The Morgan fingerprint density at radius 1 is 0.467 bits per heavy atom. The van der Waals surface area contributed by atoms with Crippen LogP contribution in [0.25, 0.3) is 34.4 Å². The maximum Gasteiger partial charge on any atom is 2.00 e. The molecule has 0 aliphatic heterocycles. The van der Waals surface area contributed by atoms with Crippen LogP contribution in [-0.4, -0.2) is 0 Å². The van der Waals surface area contributed by atoms with Crippen LogP contribution in [0.4, 0.5) is 0 Å². The fourth-order valence-electron chi connectivity index (χ4n) is 6.16. The minimum absolute atomic E-state index is 0. The van der Waals surface area contributed by atoms with Gasteiger partial charge in [0.05, 0.1) is 11.5 Å². The van der Waals surface area contributed by atoms with Crippen molar-refractivity contribution >= 4 is 12.2 Å². The predicted molar refractivity (Wildman–Crippen MR) is 179 cm³/mol. The molecule has 45 heavy (non-hydrogen) atoms. The number of benzene rings is 4. The number of allylic oxidation sites excluding steroid dienone is 2. The van der Waals surface area contributed by atoms with Crippen LogP contribution in [0.15, 0.2) is 118 Å². The summed E-state index contributed by atoms with van der Waals surface area (Å²) in [5.41, 5.74) is 12.6. The molecule has 0 spiro atoms. The molecule has 0 N–H and O–H groups in total. The molecule has 0 bridgehead atoms. The molecule has 2 aliphatic rings. The van der Waals surface area contributed by atoms with Crippen molar-refractivity contribution in [1.29, 1.82) is 0 Å². The van der Waals surface area contributed by atoms with Crippen LogP contribution in [0.3, 0.4) is 0 Å². The molecule has 0 saturated carbocycles. The van der Waals surface area contributed by atoms with Gasteiger partial charge in [-0.3, -0.25) is 12.2 Å². The van der Waals surface area contributed by atoms with E-state index in [2.05, 4.69) is 135 Å². The maximum absolute atomic E-state index is 5.80. The molecule has 0 amide bonds. The first-order chi connectivity index (χ1) is 21.4. The molecule has 2 aliphatic carbocycles. The van der Waals surface area contributed by atoms with Crippen molar-refractivity contribution in [3.63, 3.8) is 0 Å². The Kier molecular flexibility index (Phi) is 8.93. The predicted octanol–water partition coefficient (Wildman–Crippen LogP) is 11.0. The summed E-state index contributed by atoms with van der Waals surface area (Å²) < 4.78 is 11.6. The van der Waals surface area contributed by atoms with Crippen molar-refractivity contribution in [2.45, 2.75) is 39.5 Å². The van der Waals surface area contributed by atoms with Gasteiger partial charge in [-0.1, -0.05) is 107 Å². The van der Waals surface area contributed by atoms with Crippen molar-refractivity contribution in [3.8, 4) is 22.3 Å². The largest absolute Gasteiger partial charge is 2.00 e. The second-order valence-electron chi connectivity index (χ2n) is 11.7. The minimum Gasteiger partial charge on any atom is -0.467 e. The van der Waals surface area contributed by atoms with E-state index in [9.17, 15) is 0 Å². The van der Waals surface area contributed by atoms with Crippen LogP contribution < -0.4 is 0 Å². The Morgan fingerprint density at radius 3 is 1.22 bits per heavy atom. The summed E-state index contributed by atoms with van der Waals surface area (Å²) >= 11 is 0. The molecule has 2 heterocycles. The van der Waals surface area contributed by atoms with Crippen molar-refractivity contribution in [2.24, 2.45) is 0 Å². The zero-order valence-corrected chi connectivity index (χ0v) is 28.5. The number of aryl methyl sites for hydroxylation is 4. The fourth-order valence-corrected chi connectivity index (χ4v) is 6.16. The fraction of sp³-hybridized carbons (Fsp3) is 0.143. The van der Waals surface area contributed by atoms with Crippen molar-refractivity contribution in [2.75, 3.05) is 0 Å². The second kappa shape index (κ2) is 13.0. The van der Waals surface area contributed by atoms with E-state index < -0.39 is 0 Å². The monoisotopic (exact) mass is 660 g/mol.